The Labute approximate surface area is 146 Å². The van der Waals surface area contributed by atoms with Crippen molar-refractivity contribution in [2.75, 3.05) is 6.54 Å². The van der Waals surface area contributed by atoms with Gasteiger partial charge in [0, 0.05) is 29.3 Å². The van der Waals surface area contributed by atoms with Gasteiger partial charge in [0.25, 0.3) is 0 Å². The molecule has 2 aromatic rings. The fraction of sp³-hybridized carbons (Fsp3) is 0.409. The van der Waals surface area contributed by atoms with Crippen LogP contribution in [0, 0.1) is 0 Å². The second kappa shape index (κ2) is 8.68. The van der Waals surface area contributed by atoms with Crippen LogP contribution in [-0.4, -0.2) is 17.9 Å². The van der Waals surface area contributed by atoms with Gasteiger partial charge in [0.05, 0.1) is 0 Å². The molecular weight excluding hydrogens is 294 g/mol. The van der Waals surface area contributed by atoms with Gasteiger partial charge < -0.3 is 5.11 Å². The monoisotopic (exact) mass is 323 g/mol. The van der Waals surface area contributed by atoms with Crippen LogP contribution in [0.25, 0.3) is 0 Å². The number of para-hydroxylation sites is 1. The molecule has 2 nitrogen and oxygen atoms in total. The first-order chi connectivity index (χ1) is 11.6. The highest BCUT2D eigenvalue weighted by Crippen LogP contribution is 2.37. The molecule has 2 rings (SSSR count). The first-order valence-electron chi connectivity index (χ1n) is 8.95. The summed E-state index contributed by atoms with van der Waals surface area (Å²) in [7, 11) is 0. The van der Waals surface area contributed by atoms with Crippen molar-refractivity contribution in [1.29, 1.82) is 0 Å². The molecule has 24 heavy (non-hydrogen) atoms. The van der Waals surface area contributed by atoms with Crippen molar-refractivity contribution in [2.45, 2.75) is 51.9 Å². The Balaban J connectivity index is 2.17. The SMILES string of the molecule is CCCCCCN=Cc1cccc(C(C)(C)c2ccccc2)c1O. The van der Waals surface area contributed by atoms with Crippen molar-refractivity contribution >= 4 is 6.21 Å². The number of hydrogen-bond acceptors (Lipinski definition) is 2. The minimum atomic E-state index is -0.254. The van der Waals surface area contributed by atoms with Crippen LogP contribution in [-0.2, 0) is 5.41 Å². The maximum absolute atomic E-state index is 10.7. The molecule has 0 bridgehead atoms. The summed E-state index contributed by atoms with van der Waals surface area (Å²) in [6, 6.07) is 16.2. The van der Waals surface area contributed by atoms with E-state index in [2.05, 4.69) is 37.9 Å². The Bertz CT molecular complexity index is 659. The lowest BCUT2D eigenvalue weighted by atomic mass is 9.77. The molecule has 128 valence electrons. The molecule has 0 atom stereocenters. The van der Waals surface area contributed by atoms with E-state index in [0.29, 0.717) is 5.75 Å². The van der Waals surface area contributed by atoms with Gasteiger partial charge in [-0.05, 0) is 18.1 Å². The standard InChI is InChI=1S/C22H29NO/c1-4-5-6-10-16-23-17-18-12-11-15-20(21(18)24)22(2,3)19-13-8-7-9-14-19/h7-9,11-15,17,24H,4-6,10,16H2,1-3H3. The molecule has 1 N–H and O–H groups in total. The van der Waals surface area contributed by atoms with E-state index in [9.17, 15) is 5.11 Å². The molecule has 0 spiro atoms. The van der Waals surface area contributed by atoms with Crippen LogP contribution in [0.15, 0.2) is 53.5 Å². The number of phenolic OH excluding ortho intramolecular Hbond substituents is 1. The van der Waals surface area contributed by atoms with Crippen molar-refractivity contribution in [2.24, 2.45) is 4.99 Å². The third-order valence-corrected chi connectivity index (χ3v) is 4.61. The first kappa shape index (κ1) is 18.3. The highest BCUT2D eigenvalue weighted by atomic mass is 16.3. The summed E-state index contributed by atoms with van der Waals surface area (Å²) in [5, 5.41) is 10.7. The van der Waals surface area contributed by atoms with Crippen LogP contribution in [0.4, 0.5) is 0 Å². The van der Waals surface area contributed by atoms with Crippen LogP contribution in [0.3, 0.4) is 0 Å². The number of benzene rings is 2. The van der Waals surface area contributed by atoms with Crippen molar-refractivity contribution < 1.29 is 5.11 Å². The summed E-state index contributed by atoms with van der Waals surface area (Å²) < 4.78 is 0. The zero-order valence-electron chi connectivity index (χ0n) is 15.1. The molecule has 0 unspecified atom stereocenters. The minimum Gasteiger partial charge on any atom is -0.507 e. The summed E-state index contributed by atoms with van der Waals surface area (Å²) in [6.07, 6.45) is 6.65. The molecule has 0 fully saturated rings. The predicted molar refractivity (Wildman–Crippen MR) is 103 cm³/mol. The van der Waals surface area contributed by atoms with Gasteiger partial charge in [0.1, 0.15) is 5.75 Å². The summed E-state index contributed by atoms with van der Waals surface area (Å²) in [5.41, 5.74) is 2.67. The van der Waals surface area contributed by atoms with Crippen molar-refractivity contribution in [3.63, 3.8) is 0 Å². The minimum absolute atomic E-state index is 0.254. The lowest BCUT2D eigenvalue weighted by Crippen LogP contribution is -2.19. The molecular formula is C22H29NO. The quantitative estimate of drug-likeness (QED) is 0.489. The summed E-state index contributed by atoms with van der Waals surface area (Å²) in [5.74, 6) is 0.337. The molecule has 0 aliphatic carbocycles. The molecule has 0 saturated heterocycles. The van der Waals surface area contributed by atoms with Crippen molar-refractivity contribution in [1.82, 2.24) is 0 Å². The Hall–Kier alpha value is -2.09. The second-order valence-electron chi connectivity index (χ2n) is 6.83. The number of rotatable bonds is 8. The van der Waals surface area contributed by atoms with E-state index in [-0.39, 0.29) is 5.41 Å². The molecule has 0 saturated carbocycles. The van der Waals surface area contributed by atoms with Gasteiger partial charge in [-0.25, -0.2) is 0 Å². The Morgan fingerprint density at radius 1 is 0.958 bits per heavy atom. The first-order valence-corrected chi connectivity index (χ1v) is 8.95. The lowest BCUT2D eigenvalue weighted by molar-refractivity contribution is 0.452. The smallest absolute Gasteiger partial charge is 0.128 e. The number of hydrogen-bond donors (Lipinski definition) is 1. The summed E-state index contributed by atoms with van der Waals surface area (Å²) in [4.78, 5) is 4.49. The molecule has 0 aliphatic heterocycles. The van der Waals surface area contributed by atoms with Crippen LogP contribution >= 0.6 is 0 Å². The Morgan fingerprint density at radius 2 is 1.71 bits per heavy atom. The average molecular weight is 323 g/mol. The van der Waals surface area contributed by atoms with Gasteiger partial charge in [0.2, 0.25) is 0 Å². The van der Waals surface area contributed by atoms with Gasteiger partial charge in [-0.2, -0.15) is 0 Å². The third-order valence-electron chi connectivity index (χ3n) is 4.61. The fourth-order valence-corrected chi connectivity index (χ4v) is 2.97. The fourth-order valence-electron chi connectivity index (χ4n) is 2.97. The van der Waals surface area contributed by atoms with Gasteiger partial charge in [-0.1, -0.05) is 82.5 Å². The Kier molecular flexibility index (Phi) is 6.60. The topological polar surface area (TPSA) is 32.6 Å². The van der Waals surface area contributed by atoms with Crippen LogP contribution in [0.2, 0.25) is 0 Å². The van der Waals surface area contributed by atoms with Crippen molar-refractivity contribution in [3.8, 4) is 5.75 Å². The van der Waals surface area contributed by atoms with Gasteiger partial charge in [0.15, 0.2) is 0 Å². The number of aliphatic imine (C=N–C) groups is 1. The van der Waals surface area contributed by atoms with Gasteiger partial charge in [-0.3, -0.25) is 4.99 Å². The Morgan fingerprint density at radius 3 is 2.42 bits per heavy atom. The zero-order valence-corrected chi connectivity index (χ0v) is 15.1. The number of unbranched alkanes of at least 4 members (excludes halogenated alkanes) is 3. The third kappa shape index (κ3) is 4.47. The van der Waals surface area contributed by atoms with Gasteiger partial charge in [-0.15, -0.1) is 0 Å². The maximum Gasteiger partial charge on any atom is 0.128 e. The molecule has 2 aromatic carbocycles. The summed E-state index contributed by atoms with van der Waals surface area (Å²) in [6.45, 7) is 7.32. The molecule has 0 amide bonds. The highest BCUT2D eigenvalue weighted by Gasteiger charge is 2.26. The van der Waals surface area contributed by atoms with E-state index in [1.165, 1.54) is 24.8 Å². The van der Waals surface area contributed by atoms with E-state index in [4.69, 9.17) is 0 Å². The van der Waals surface area contributed by atoms with Crippen molar-refractivity contribution in [3.05, 3.63) is 65.2 Å². The summed E-state index contributed by atoms with van der Waals surface area (Å²) >= 11 is 0. The molecule has 2 heteroatoms. The number of aromatic hydroxyl groups is 1. The molecule has 0 radical (unpaired) electrons. The molecule has 0 aromatic heterocycles. The second-order valence-corrected chi connectivity index (χ2v) is 6.83. The molecule has 0 heterocycles. The van der Waals surface area contributed by atoms with E-state index in [1.54, 1.807) is 0 Å². The average Bonchev–Trinajstić information content (AvgIpc) is 2.60. The lowest BCUT2D eigenvalue weighted by Gasteiger charge is -2.27. The normalized spacial score (nSPS) is 12.0. The zero-order chi connectivity index (χ0) is 17.4. The van der Waals surface area contributed by atoms with E-state index in [1.807, 2.05) is 42.6 Å². The van der Waals surface area contributed by atoms with Crippen LogP contribution < -0.4 is 0 Å². The number of phenols is 1. The van der Waals surface area contributed by atoms with Crippen LogP contribution in [0.1, 0.15) is 63.1 Å². The van der Waals surface area contributed by atoms with Gasteiger partial charge >= 0.3 is 0 Å². The maximum atomic E-state index is 10.7. The van der Waals surface area contributed by atoms with Crippen LogP contribution in [0.5, 0.6) is 5.75 Å². The molecule has 0 aliphatic rings. The highest BCUT2D eigenvalue weighted by molar-refractivity contribution is 5.84. The largest absolute Gasteiger partial charge is 0.507 e. The van der Waals surface area contributed by atoms with E-state index < -0.39 is 0 Å². The number of nitrogens with zero attached hydrogens (tertiary/aromatic N) is 1. The van der Waals surface area contributed by atoms with E-state index in [0.717, 1.165) is 24.1 Å². The van der Waals surface area contributed by atoms with E-state index >= 15 is 0 Å². The predicted octanol–water partition coefficient (Wildman–Crippen LogP) is 5.72.